The van der Waals surface area contributed by atoms with Crippen LogP contribution in [0.1, 0.15) is 23.3 Å². The van der Waals surface area contributed by atoms with Gasteiger partial charge in [0.1, 0.15) is 23.3 Å². The molecule has 5 aromatic heterocycles. The lowest BCUT2D eigenvalue weighted by atomic mass is 9.97. The molecule has 0 radical (unpaired) electrons. The highest BCUT2D eigenvalue weighted by Crippen LogP contribution is 2.43. The third kappa shape index (κ3) is 7.36. The Balaban J connectivity index is 1.11. The third-order valence-corrected chi connectivity index (χ3v) is 13.4. The van der Waals surface area contributed by atoms with Crippen LogP contribution in [0.5, 0.6) is 0 Å². The topological polar surface area (TPSA) is 113 Å². The Labute approximate surface area is 415 Å². The molecule has 8 aromatic carbocycles. The molecule has 10 heteroatoms. The Morgan fingerprint density at radius 3 is 1.17 bits per heavy atom. The molecule has 0 unspecified atom stereocenters. The average molecular weight is 929 g/mol. The van der Waals surface area contributed by atoms with Crippen molar-refractivity contribution >= 4 is 43.6 Å². The maximum Gasteiger partial charge on any atom is 0.163 e. The summed E-state index contributed by atoms with van der Waals surface area (Å²) in [5.74, 6) is 4.56. The van der Waals surface area contributed by atoms with Gasteiger partial charge in [0.25, 0.3) is 0 Å². The summed E-state index contributed by atoms with van der Waals surface area (Å²) < 4.78 is 4.78. The smallest absolute Gasteiger partial charge is 0.163 e. The summed E-state index contributed by atoms with van der Waals surface area (Å²) in [4.78, 5) is 38.8. The molecule has 0 saturated carbocycles. The molecule has 0 aliphatic rings. The normalized spacial score (nSPS) is 11.6. The number of hydrogen-bond acceptors (Lipinski definition) is 8. The summed E-state index contributed by atoms with van der Waals surface area (Å²) in [6.45, 7) is 7.62. The van der Waals surface area contributed by atoms with E-state index in [2.05, 4.69) is 177 Å². The van der Waals surface area contributed by atoms with Crippen LogP contribution < -0.4 is 0 Å². The molecule has 342 valence electrons. The first-order valence-electron chi connectivity index (χ1n) is 24.0. The number of para-hydroxylation sites is 3. The summed E-state index contributed by atoms with van der Waals surface area (Å²) in [7, 11) is 0. The Kier molecular flexibility index (Phi) is 10.1. The van der Waals surface area contributed by atoms with Gasteiger partial charge in [-0.05, 0) is 107 Å². The summed E-state index contributed by atoms with van der Waals surface area (Å²) in [6, 6.07) is 68.4. The van der Waals surface area contributed by atoms with E-state index in [0.29, 0.717) is 40.8 Å². The van der Waals surface area contributed by atoms with E-state index in [4.69, 9.17) is 29.9 Å². The highest BCUT2D eigenvalue weighted by atomic mass is 15.0. The highest BCUT2D eigenvalue weighted by Gasteiger charge is 2.23. The molecule has 0 amide bonds. The Morgan fingerprint density at radius 2 is 0.653 bits per heavy atom. The fraction of sp³-hybridized carbons (Fsp3) is 0.0645. The van der Waals surface area contributed by atoms with Gasteiger partial charge in [-0.1, -0.05) is 115 Å². The SMILES string of the molecule is Cc1nc(C)nc(-c2ccc3c(c2)c2cc(-c4nc(C)nc(C)n4)ccc2n3-c2ccc(-c3nc(-c4ccccc4)cc(-c4ccccc4)n3)cc2-c2ccccc2-n2c3ccccc3c3ccccc32)n1. The fourth-order valence-electron chi connectivity index (χ4n) is 10.3. The Morgan fingerprint density at radius 1 is 0.264 bits per heavy atom. The molecular weight excluding hydrogens is 885 g/mol. The second-order valence-corrected chi connectivity index (χ2v) is 18.1. The lowest BCUT2D eigenvalue weighted by Gasteiger charge is -2.20. The van der Waals surface area contributed by atoms with Gasteiger partial charge in [-0.25, -0.2) is 39.9 Å². The van der Waals surface area contributed by atoms with E-state index in [1.54, 1.807) is 0 Å². The van der Waals surface area contributed by atoms with Gasteiger partial charge in [0.2, 0.25) is 0 Å². The average Bonchev–Trinajstić information content (AvgIpc) is 3.92. The van der Waals surface area contributed by atoms with Crippen molar-refractivity contribution < 1.29 is 0 Å². The summed E-state index contributed by atoms with van der Waals surface area (Å²) >= 11 is 0. The molecule has 0 saturated heterocycles. The van der Waals surface area contributed by atoms with Crippen LogP contribution in [0, 0.1) is 27.7 Å². The van der Waals surface area contributed by atoms with Crippen molar-refractivity contribution in [3.63, 3.8) is 0 Å². The number of benzene rings is 8. The Bertz CT molecular complexity index is 4010. The molecule has 0 atom stereocenters. The standard InChI is InChI=1S/C62H44N10/c1-37-63-38(2)66-60(65-37)43-27-31-58-50(34-43)51-35-44(61-67-39(3)64-40(4)68-61)28-32-59(51)72(58)57-30-29-45(62-69-52(41-17-7-5-8-18-41)36-53(70-62)42-19-9-6-10-20-42)33-49(57)48-23-13-16-26-56(48)71-54-24-14-11-21-46(54)47-22-12-15-25-55(47)71/h5-36H,1-4H3. The molecule has 0 aliphatic carbocycles. The molecule has 0 bridgehead atoms. The second-order valence-electron chi connectivity index (χ2n) is 18.1. The van der Waals surface area contributed by atoms with Gasteiger partial charge in [-0.3, -0.25) is 0 Å². The van der Waals surface area contributed by atoms with Crippen molar-refractivity contribution in [3.05, 3.63) is 217 Å². The molecule has 0 fully saturated rings. The number of aryl methyl sites for hydroxylation is 4. The zero-order chi connectivity index (χ0) is 48.5. The Hall–Kier alpha value is -9.54. The lowest BCUT2D eigenvalue weighted by Crippen LogP contribution is -2.03. The summed E-state index contributed by atoms with van der Waals surface area (Å²) in [5, 5.41) is 4.44. The molecular formula is C62H44N10. The molecule has 13 rings (SSSR count). The van der Waals surface area contributed by atoms with E-state index in [-0.39, 0.29) is 0 Å². The van der Waals surface area contributed by atoms with Crippen molar-refractivity contribution in [3.8, 4) is 79.2 Å². The minimum Gasteiger partial charge on any atom is -0.309 e. The fourth-order valence-corrected chi connectivity index (χ4v) is 10.3. The van der Waals surface area contributed by atoms with E-state index in [1.165, 1.54) is 10.8 Å². The van der Waals surface area contributed by atoms with Gasteiger partial charge in [0.15, 0.2) is 17.5 Å². The van der Waals surface area contributed by atoms with Gasteiger partial charge in [-0.2, -0.15) is 0 Å². The van der Waals surface area contributed by atoms with Crippen LogP contribution in [0.25, 0.3) is 123 Å². The number of hydrogen-bond donors (Lipinski definition) is 0. The van der Waals surface area contributed by atoms with Gasteiger partial charge in [0, 0.05) is 60.5 Å². The quantitative estimate of drug-likeness (QED) is 0.148. The van der Waals surface area contributed by atoms with Crippen molar-refractivity contribution in [2.75, 3.05) is 0 Å². The molecule has 5 heterocycles. The number of nitrogens with zero attached hydrogens (tertiary/aromatic N) is 10. The molecule has 0 aliphatic heterocycles. The number of rotatable bonds is 8. The van der Waals surface area contributed by atoms with E-state index in [9.17, 15) is 0 Å². The molecule has 0 spiro atoms. The van der Waals surface area contributed by atoms with Crippen LogP contribution in [-0.2, 0) is 0 Å². The molecule has 72 heavy (non-hydrogen) atoms. The van der Waals surface area contributed by atoms with Crippen LogP contribution >= 0.6 is 0 Å². The van der Waals surface area contributed by atoms with Crippen molar-refractivity contribution in [1.29, 1.82) is 0 Å². The van der Waals surface area contributed by atoms with Gasteiger partial charge in [-0.15, -0.1) is 0 Å². The van der Waals surface area contributed by atoms with E-state index in [1.807, 2.05) is 64.1 Å². The van der Waals surface area contributed by atoms with Crippen LogP contribution in [0.15, 0.2) is 194 Å². The molecule has 0 N–H and O–H groups in total. The maximum atomic E-state index is 5.33. The predicted molar refractivity (Wildman–Crippen MR) is 289 cm³/mol. The zero-order valence-electron chi connectivity index (χ0n) is 39.9. The third-order valence-electron chi connectivity index (χ3n) is 13.4. The van der Waals surface area contributed by atoms with Crippen LogP contribution in [0.3, 0.4) is 0 Å². The second kappa shape index (κ2) is 17.1. The zero-order valence-corrected chi connectivity index (χ0v) is 39.9. The van der Waals surface area contributed by atoms with Crippen LogP contribution in [0.2, 0.25) is 0 Å². The minimum absolute atomic E-state index is 0.625. The van der Waals surface area contributed by atoms with Crippen LogP contribution in [-0.4, -0.2) is 49.0 Å². The summed E-state index contributed by atoms with van der Waals surface area (Å²) in [6.07, 6.45) is 0. The molecule has 13 aromatic rings. The highest BCUT2D eigenvalue weighted by molar-refractivity contribution is 6.13. The predicted octanol–water partition coefficient (Wildman–Crippen LogP) is 14.3. The number of aromatic nitrogens is 10. The van der Waals surface area contributed by atoms with Gasteiger partial charge >= 0.3 is 0 Å². The van der Waals surface area contributed by atoms with Crippen LogP contribution in [0.4, 0.5) is 0 Å². The first-order chi connectivity index (χ1) is 35.3. The largest absolute Gasteiger partial charge is 0.309 e. The van der Waals surface area contributed by atoms with Crippen molar-refractivity contribution in [2.24, 2.45) is 0 Å². The first-order valence-corrected chi connectivity index (χ1v) is 24.0. The molecule has 10 nitrogen and oxygen atoms in total. The number of fused-ring (bicyclic) bond motifs is 6. The van der Waals surface area contributed by atoms with Gasteiger partial charge < -0.3 is 9.13 Å². The summed E-state index contributed by atoms with van der Waals surface area (Å²) in [5.41, 5.74) is 14.7. The van der Waals surface area contributed by atoms with Crippen molar-refractivity contribution in [2.45, 2.75) is 27.7 Å². The minimum atomic E-state index is 0.625. The van der Waals surface area contributed by atoms with Gasteiger partial charge in [0.05, 0.1) is 44.8 Å². The monoisotopic (exact) mass is 928 g/mol. The van der Waals surface area contributed by atoms with E-state index in [0.717, 1.165) is 94.5 Å². The van der Waals surface area contributed by atoms with E-state index < -0.39 is 0 Å². The van der Waals surface area contributed by atoms with E-state index >= 15 is 0 Å². The first kappa shape index (κ1) is 42.6. The maximum absolute atomic E-state index is 5.33. The lowest BCUT2D eigenvalue weighted by molar-refractivity contribution is 0.928. The van der Waals surface area contributed by atoms with Crippen molar-refractivity contribution in [1.82, 2.24) is 49.0 Å².